The molecular weight excluding hydrogens is 320 g/mol. The molecule has 3 rings (SSSR count). The molecule has 1 heterocycles. The Morgan fingerprint density at radius 2 is 1.68 bits per heavy atom. The van der Waals surface area contributed by atoms with Gasteiger partial charge in [-0.25, -0.2) is 0 Å². The Morgan fingerprint density at radius 1 is 1.00 bits per heavy atom. The predicted molar refractivity (Wildman–Crippen MR) is 95.1 cm³/mol. The van der Waals surface area contributed by atoms with E-state index < -0.39 is 0 Å². The zero-order valence-electron chi connectivity index (χ0n) is 14.7. The number of ketones is 1. The number of carbonyl (C=O) groups excluding carboxylic acids is 1. The molecule has 6 heteroatoms. The lowest BCUT2D eigenvalue weighted by molar-refractivity contribution is -0.116. The molecule has 0 aliphatic heterocycles. The summed E-state index contributed by atoms with van der Waals surface area (Å²) in [5.41, 5.74) is 3.26. The summed E-state index contributed by atoms with van der Waals surface area (Å²) in [6, 6.07) is 5.61. The second-order valence-electron chi connectivity index (χ2n) is 5.92. The van der Waals surface area contributed by atoms with Crippen LogP contribution in [0.5, 0.6) is 17.2 Å². The number of hydrogen-bond acceptors (Lipinski definition) is 5. The minimum absolute atomic E-state index is 0.232. The molecule has 1 fully saturated rings. The number of aromatic amines is 1. The minimum atomic E-state index is 0.232. The molecule has 0 radical (unpaired) electrons. The number of nitrogens with one attached hydrogen (secondary N) is 1. The van der Waals surface area contributed by atoms with Crippen molar-refractivity contribution >= 4 is 11.9 Å². The monoisotopic (exact) mass is 342 g/mol. The number of benzene rings is 1. The quantitative estimate of drug-likeness (QED) is 0.840. The molecule has 25 heavy (non-hydrogen) atoms. The SMILES string of the molecule is COc1cc(-c2cc(/C=C3\CCCCC3=O)[nH]n2)cc(OC)c1OC. The van der Waals surface area contributed by atoms with Crippen LogP contribution in [-0.4, -0.2) is 37.3 Å². The van der Waals surface area contributed by atoms with E-state index in [1.165, 1.54) is 0 Å². The van der Waals surface area contributed by atoms with Crippen LogP contribution in [-0.2, 0) is 4.79 Å². The number of allylic oxidation sites excluding steroid dienone is 1. The zero-order chi connectivity index (χ0) is 17.8. The van der Waals surface area contributed by atoms with Crippen LogP contribution in [0, 0.1) is 0 Å². The first kappa shape index (κ1) is 17.1. The molecule has 0 saturated heterocycles. The summed E-state index contributed by atoms with van der Waals surface area (Å²) in [6.45, 7) is 0. The maximum atomic E-state index is 12.0. The van der Waals surface area contributed by atoms with Crippen molar-refractivity contribution < 1.29 is 19.0 Å². The van der Waals surface area contributed by atoms with Crippen LogP contribution in [0.3, 0.4) is 0 Å². The van der Waals surface area contributed by atoms with Gasteiger partial charge < -0.3 is 14.2 Å². The third kappa shape index (κ3) is 3.52. The first-order valence-electron chi connectivity index (χ1n) is 8.25. The number of rotatable bonds is 5. The van der Waals surface area contributed by atoms with Gasteiger partial charge in [-0.05, 0) is 49.1 Å². The first-order chi connectivity index (χ1) is 12.2. The Balaban J connectivity index is 1.94. The van der Waals surface area contributed by atoms with Gasteiger partial charge in [0.1, 0.15) is 0 Å². The Bertz CT molecular complexity index is 783. The number of carbonyl (C=O) groups is 1. The van der Waals surface area contributed by atoms with Gasteiger partial charge in [0, 0.05) is 12.0 Å². The molecule has 2 aromatic rings. The highest BCUT2D eigenvalue weighted by molar-refractivity contribution is 5.99. The van der Waals surface area contributed by atoms with E-state index in [1.807, 2.05) is 24.3 Å². The number of aromatic nitrogens is 2. The lowest BCUT2D eigenvalue weighted by atomic mass is 9.93. The molecule has 0 spiro atoms. The summed E-state index contributed by atoms with van der Waals surface area (Å²) in [5, 5.41) is 7.33. The average molecular weight is 342 g/mol. The van der Waals surface area contributed by atoms with Gasteiger partial charge in [-0.1, -0.05) is 0 Å². The largest absolute Gasteiger partial charge is 0.493 e. The smallest absolute Gasteiger partial charge is 0.203 e. The lowest BCUT2D eigenvalue weighted by Crippen LogP contribution is -2.07. The topological polar surface area (TPSA) is 73.4 Å². The first-order valence-corrected chi connectivity index (χ1v) is 8.25. The van der Waals surface area contributed by atoms with Crippen molar-refractivity contribution in [2.75, 3.05) is 21.3 Å². The molecule has 0 atom stereocenters. The molecular formula is C19H22N2O4. The van der Waals surface area contributed by atoms with Crippen molar-refractivity contribution in [1.29, 1.82) is 0 Å². The van der Waals surface area contributed by atoms with Gasteiger partial charge in [0.15, 0.2) is 17.3 Å². The van der Waals surface area contributed by atoms with Crippen LogP contribution in [0.25, 0.3) is 17.3 Å². The summed E-state index contributed by atoms with van der Waals surface area (Å²) in [4.78, 5) is 12.0. The number of Topliss-reactive ketones (excluding diaryl/α,β-unsaturated/α-hetero) is 1. The molecule has 1 N–H and O–H groups in total. The standard InChI is InChI=1S/C19H22N2O4/c1-23-17-9-13(10-18(24-2)19(17)25-3)15-11-14(20-21-15)8-12-6-4-5-7-16(12)22/h8-11H,4-7H2,1-3H3,(H,20,21)/b12-8+. The Morgan fingerprint density at radius 3 is 2.28 bits per heavy atom. The number of nitrogens with zero attached hydrogens (tertiary/aromatic N) is 1. The summed E-state index contributed by atoms with van der Waals surface area (Å²) in [6.07, 6.45) is 5.41. The van der Waals surface area contributed by atoms with Gasteiger partial charge in [-0.15, -0.1) is 0 Å². The van der Waals surface area contributed by atoms with Crippen LogP contribution in [0.4, 0.5) is 0 Å². The van der Waals surface area contributed by atoms with Crippen molar-refractivity contribution in [3.8, 4) is 28.5 Å². The highest BCUT2D eigenvalue weighted by Crippen LogP contribution is 2.40. The predicted octanol–water partition coefficient (Wildman–Crippen LogP) is 3.63. The van der Waals surface area contributed by atoms with E-state index in [2.05, 4.69) is 10.2 Å². The number of hydrogen-bond donors (Lipinski definition) is 1. The number of methoxy groups -OCH3 is 3. The van der Waals surface area contributed by atoms with Crippen molar-refractivity contribution in [2.45, 2.75) is 25.7 Å². The average Bonchev–Trinajstić information content (AvgIpc) is 3.11. The molecule has 0 amide bonds. The highest BCUT2D eigenvalue weighted by Gasteiger charge is 2.17. The van der Waals surface area contributed by atoms with Gasteiger partial charge in [-0.3, -0.25) is 9.89 Å². The van der Waals surface area contributed by atoms with Crippen LogP contribution in [0.2, 0.25) is 0 Å². The zero-order valence-corrected chi connectivity index (χ0v) is 14.7. The van der Waals surface area contributed by atoms with Crippen molar-refractivity contribution in [2.24, 2.45) is 0 Å². The molecule has 0 bridgehead atoms. The van der Waals surface area contributed by atoms with Gasteiger partial charge in [0.2, 0.25) is 5.75 Å². The maximum Gasteiger partial charge on any atom is 0.203 e. The lowest BCUT2D eigenvalue weighted by Gasteiger charge is -2.13. The molecule has 1 aromatic carbocycles. The van der Waals surface area contributed by atoms with E-state index in [1.54, 1.807) is 21.3 Å². The second kappa shape index (κ2) is 7.42. The van der Waals surface area contributed by atoms with Gasteiger partial charge in [0.25, 0.3) is 0 Å². The fourth-order valence-corrected chi connectivity index (χ4v) is 3.03. The molecule has 1 aromatic heterocycles. The number of H-pyrrole nitrogens is 1. The maximum absolute atomic E-state index is 12.0. The Hall–Kier alpha value is -2.76. The molecule has 0 unspecified atom stereocenters. The van der Waals surface area contributed by atoms with E-state index in [0.29, 0.717) is 23.7 Å². The van der Waals surface area contributed by atoms with E-state index in [-0.39, 0.29) is 5.78 Å². The van der Waals surface area contributed by atoms with Crippen molar-refractivity contribution in [3.05, 3.63) is 29.5 Å². The van der Waals surface area contributed by atoms with Crippen molar-refractivity contribution in [1.82, 2.24) is 10.2 Å². The molecule has 1 aliphatic carbocycles. The normalized spacial score (nSPS) is 16.1. The van der Waals surface area contributed by atoms with Crippen LogP contribution in [0.1, 0.15) is 31.4 Å². The Kier molecular flexibility index (Phi) is 5.07. The van der Waals surface area contributed by atoms with E-state index in [0.717, 1.165) is 41.8 Å². The molecule has 6 nitrogen and oxygen atoms in total. The second-order valence-corrected chi connectivity index (χ2v) is 5.92. The molecule has 1 saturated carbocycles. The fraction of sp³-hybridized carbons (Fsp3) is 0.368. The van der Waals surface area contributed by atoms with Crippen LogP contribution in [0.15, 0.2) is 23.8 Å². The highest BCUT2D eigenvalue weighted by atomic mass is 16.5. The van der Waals surface area contributed by atoms with E-state index >= 15 is 0 Å². The van der Waals surface area contributed by atoms with Gasteiger partial charge in [0.05, 0.1) is 32.7 Å². The summed E-state index contributed by atoms with van der Waals surface area (Å²) in [5.74, 6) is 1.92. The summed E-state index contributed by atoms with van der Waals surface area (Å²) in [7, 11) is 4.73. The van der Waals surface area contributed by atoms with Crippen LogP contribution >= 0.6 is 0 Å². The Labute approximate surface area is 146 Å². The van der Waals surface area contributed by atoms with Gasteiger partial charge in [-0.2, -0.15) is 5.10 Å². The van der Waals surface area contributed by atoms with Crippen LogP contribution < -0.4 is 14.2 Å². The third-order valence-corrected chi connectivity index (χ3v) is 4.35. The van der Waals surface area contributed by atoms with Crippen molar-refractivity contribution in [3.63, 3.8) is 0 Å². The van der Waals surface area contributed by atoms with E-state index in [4.69, 9.17) is 14.2 Å². The number of ether oxygens (including phenoxy) is 3. The summed E-state index contributed by atoms with van der Waals surface area (Å²) < 4.78 is 16.1. The molecule has 132 valence electrons. The molecule has 1 aliphatic rings. The third-order valence-electron chi connectivity index (χ3n) is 4.35. The van der Waals surface area contributed by atoms with Gasteiger partial charge >= 0.3 is 0 Å². The fourth-order valence-electron chi connectivity index (χ4n) is 3.03. The summed E-state index contributed by atoms with van der Waals surface area (Å²) >= 11 is 0. The van der Waals surface area contributed by atoms with E-state index in [9.17, 15) is 4.79 Å². The minimum Gasteiger partial charge on any atom is -0.493 e.